The van der Waals surface area contributed by atoms with Gasteiger partial charge in [0.05, 0.1) is 10.6 Å². The van der Waals surface area contributed by atoms with Crippen LogP contribution in [0.15, 0.2) is 18.5 Å². The predicted octanol–water partition coefficient (Wildman–Crippen LogP) is 3.39. The number of carbonyl (C=O) groups is 2. The van der Waals surface area contributed by atoms with Gasteiger partial charge in [-0.15, -0.1) is 0 Å². The van der Waals surface area contributed by atoms with E-state index >= 15 is 0 Å². The molecule has 6 heteroatoms. The number of likely N-dealkylation sites (tertiary alicyclic amines) is 1. The van der Waals surface area contributed by atoms with Crippen molar-refractivity contribution < 1.29 is 9.59 Å². The fourth-order valence-electron chi connectivity index (χ4n) is 2.99. The molecule has 0 aromatic carbocycles. The van der Waals surface area contributed by atoms with Gasteiger partial charge in [0.15, 0.2) is 0 Å². The Morgan fingerprint density at radius 2 is 2.16 bits per heavy atom. The number of hydrogen-bond donors (Lipinski definition) is 1. The van der Waals surface area contributed by atoms with Crippen molar-refractivity contribution in [2.75, 3.05) is 19.6 Å². The summed E-state index contributed by atoms with van der Waals surface area (Å²) in [7, 11) is 0. The molecule has 1 aliphatic rings. The van der Waals surface area contributed by atoms with E-state index in [4.69, 9.17) is 11.6 Å². The molecular weight excluding hydrogens is 338 g/mol. The molecule has 0 bridgehead atoms. The van der Waals surface area contributed by atoms with Crippen LogP contribution in [0.2, 0.25) is 5.02 Å². The molecule has 1 aliphatic heterocycles. The SMILES string of the molecule is CC(C)[C@H](C)CC(=O)N1CCC[C@@H](CNC(=O)c2ccncc2Cl)C1. The van der Waals surface area contributed by atoms with Crippen LogP contribution in [0.5, 0.6) is 0 Å². The Morgan fingerprint density at radius 3 is 2.84 bits per heavy atom. The highest BCUT2D eigenvalue weighted by molar-refractivity contribution is 6.33. The minimum atomic E-state index is -0.190. The average molecular weight is 366 g/mol. The third-order valence-electron chi connectivity index (χ3n) is 5.07. The maximum absolute atomic E-state index is 12.5. The Kier molecular flexibility index (Phi) is 7.24. The van der Waals surface area contributed by atoms with Crippen LogP contribution in [0.3, 0.4) is 0 Å². The summed E-state index contributed by atoms with van der Waals surface area (Å²) >= 11 is 6.00. The molecule has 0 aliphatic carbocycles. The van der Waals surface area contributed by atoms with E-state index in [0.717, 1.165) is 19.4 Å². The van der Waals surface area contributed by atoms with Crippen LogP contribution in [-0.4, -0.2) is 41.3 Å². The first kappa shape index (κ1) is 19.7. The molecule has 25 heavy (non-hydrogen) atoms. The molecule has 1 saturated heterocycles. The second-order valence-corrected chi connectivity index (χ2v) is 7.75. The lowest BCUT2D eigenvalue weighted by Crippen LogP contribution is -2.44. The Labute approximate surface area is 155 Å². The average Bonchev–Trinajstić information content (AvgIpc) is 2.60. The molecule has 1 aromatic heterocycles. The Hall–Kier alpha value is -1.62. The molecule has 1 fully saturated rings. The smallest absolute Gasteiger partial charge is 0.252 e. The second-order valence-electron chi connectivity index (χ2n) is 7.34. The monoisotopic (exact) mass is 365 g/mol. The van der Waals surface area contributed by atoms with Crippen molar-refractivity contribution in [1.82, 2.24) is 15.2 Å². The summed E-state index contributed by atoms with van der Waals surface area (Å²) in [6, 6.07) is 1.61. The second kappa shape index (κ2) is 9.18. The number of amides is 2. The molecule has 2 amide bonds. The number of carbonyl (C=O) groups excluding carboxylic acids is 2. The van der Waals surface area contributed by atoms with Gasteiger partial charge in [0.25, 0.3) is 5.91 Å². The third-order valence-corrected chi connectivity index (χ3v) is 5.38. The lowest BCUT2D eigenvalue weighted by atomic mass is 9.92. The number of piperidine rings is 1. The van der Waals surface area contributed by atoms with Crippen molar-refractivity contribution in [3.63, 3.8) is 0 Å². The molecule has 5 nitrogen and oxygen atoms in total. The fraction of sp³-hybridized carbons (Fsp3) is 0.632. The molecule has 2 atom stereocenters. The Bertz CT molecular complexity index is 606. The summed E-state index contributed by atoms with van der Waals surface area (Å²) in [5.41, 5.74) is 0.436. The number of hydrogen-bond acceptors (Lipinski definition) is 3. The van der Waals surface area contributed by atoms with Gasteiger partial charge >= 0.3 is 0 Å². The number of rotatable bonds is 6. The molecule has 1 N–H and O–H groups in total. The first-order valence-electron chi connectivity index (χ1n) is 9.04. The van der Waals surface area contributed by atoms with E-state index in [-0.39, 0.29) is 17.7 Å². The van der Waals surface area contributed by atoms with Crippen LogP contribution in [0.4, 0.5) is 0 Å². The molecular formula is C19H28ClN3O2. The zero-order chi connectivity index (χ0) is 18.4. The van der Waals surface area contributed by atoms with Crippen molar-refractivity contribution in [3.05, 3.63) is 29.0 Å². The topological polar surface area (TPSA) is 62.3 Å². The van der Waals surface area contributed by atoms with Crippen LogP contribution in [0, 0.1) is 17.8 Å². The molecule has 138 valence electrons. The number of nitrogens with zero attached hydrogens (tertiary/aromatic N) is 2. The van der Waals surface area contributed by atoms with E-state index in [0.29, 0.717) is 41.9 Å². The fourth-order valence-corrected chi connectivity index (χ4v) is 3.20. The minimum absolute atomic E-state index is 0.190. The lowest BCUT2D eigenvalue weighted by molar-refractivity contribution is -0.134. The van der Waals surface area contributed by atoms with Crippen molar-refractivity contribution in [1.29, 1.82) is 0 Å². The van der Waals surface area contributed by atoms with Gasteiger partial charge in [-0.1, -0.05) is 32.4 Å². The van der Waals surface area contributed by atoms with Crippen LogP contribution in [0.1, 0.15) is 50.4 Å². The largest absolute Gasteiger partial charge is 0.352 e. The first-order chi connectivity index (χ1) is 11.9. The summed E-state index contributed by atoms with van der Waals surface area (Å²) < 4.78 is 0. The zero-order valence-corrected chi connectivity index (χ0v) is 16.1. The minimum Gasteiger partial charge on any atom is -0.352 e. The number of aromatic nitrogens is 1. The third kappa shape index (κ3) is 5.70. The molecule has 2 heterocycles. The molecule has 0 radical (unpaired) electrons. The molecule has 1 aromatic rings. The van der Waals surface area contributed by atoms with Crippen molar-refractivity contribution in [2.24, 2.45) is 17.8 Å². The molecule has 0 unspecified atom stereocenters. The number of halogens is 1. The van der Waals surface area contributed by atoms with Gasteiger partial charge in [-0.3, -0.25) is 14.6 Å². The zero-order valence-electron chi connectivity index (χ0n) is 15.3. The van der Waals surface area contributed by atoms with Crippen molar-refractivity contribution in [3.8, 4) is 0 Å². The Morgan fingerprint density at radius 1 is 1.40 bits per heavy atom. The normalized spacial score (nSPS) is 18.9. The van der Waals surface area contributed by atoms with Gasteiger partial charge in [0, 0.05) is 38.4 Å². The highest BCUT2D eigenvalue weighted by Crippen LogP contribution is 2.21. The van der Waals surface area contributed by atoms with Crippen LogP contribution in [-0.2, 0) is 4.79 Å². The van der Waals surface area contributed by atoms with Crippen LogP contribution < -0.4 is 5.32 Å². The maximum atomic E-state index is 12.5. The highest BCUT2D eigenvalue weighted by atomic mass is 35.5. The van der Waals surface area contributed by atoms with Crippen molar-refractivity contribution in [2.45, 2.75) is 40.0 Å². The summed E-state index contributed by atoms with van der Waals surface area (Å²) in [4.78, 5) is 30.6. The van der Waals surface area contributed by atoms with Crippen LogP contribution >= 0.6 is 11.6 Å². The van der Waals surface area contributed by atoms with E-state index < -0.39 is 0 Å². The van der Waals surface area contributed by atoms with E-state index in [1.165, 1.54) is 6.20 Å². The Balaban J connectivity index is 1.84. The quantitative estimate of drug-likeness (QED) is 0.840. The van der Waals surface area contributed by atoms with Gasteiger partial charge in [0.2, 0.25) is 5.91 Å². The van der Waals surface area contributed by atoms with E-state index in [9.17, 15) is 9.59 Å². The first-order valence-corrected chi connectivity index (χ1v) is 9.41. The van der Waals surface area contributed by atoms with Crippen LogP contribution in [0.25, 0.3) is 0 Å². The van der Waals surface area contributed by atoms with Gasteiger partial charge in [-0.05, 0) is 36.7 Å². The number of pyridine rings is 1. The molecule has 0 saturated carbocycles. The van der Waals surface area contributed by atoms with E-state index in [2.05, 4.69) is 31.1 Å². The number of nitrogens with one attached hydrogen (secondary N) is 1. The summed E-state index contributed by atoms with van der Waals surface area (Å²) in [5.74, 6) is 1.23. The van der Waals surface area contributed by atoms with Gasteiger partial charge in [-0.2, -0.15) is 0 Å². The van der Waals surface area contributed by atoms with E-state index in [1.807, 2.05) is 4.90 Å². The predicted molar refractivity (Wildman–Crippen MR) is 99.5 cm³/mol. The van der Waals surface area contributed by atoms with E-state index in [1.54, 1.807) is 12.3 Å². The molecule has 0 spiro atoms. The standard InChI is InChI=1S/C19H28ClN3O2/c1-13(2)14(3)9-18(24)23-8-4-5-15(12-23)10-22-19(25)16-6-7-21-11-17(16)20/h6-7,11,13-15H,4-5,8-10,12H2,1-3H3,(H,22,25)/t14-,15+/m1/s1. The summed E-state index contributed by atoms with van der Waals surface area (Å²) in [6.45, 7) is 8.52. The van der Waals surface area contributed by atoms with Crippen molar-refractivity contribution >= 4 is 23.4 Å². The van der Waals surface area contributed by atoms with Gasteiger partial charge < -0.3 is 10.2 Å². The maximum Gasteiger partial charge on any atom is 0.252 e. The summed E-state index contributed by atoms with van der Waals surface area (Å²) in [5, 5.41) is 3.29. The van der Waals surface area contributed by atoms with Gasteiger partial charge in [-0.25, -0.2) is 0 Å². The molecule has 2 rings (SSSR count). The lowest BCUT2D eigenvalue weighted by Gasteiger charge is -2.34. The van der Waals surface area contributed by atoms with Gasteiger partial charge in [0.1, 0.15) is 0 Å². The highest BCUT2D eigenvalue weighted by Gasteiger charge is 2.25. The summed E-state index contributed by atoms with van der Waals surface area (Å²) in [6.07, 6.45) is 5.63.